The van der Waals surface area contributed by atoms with Gasteiger partial charge in [0.05, 0.1) is 16.8 Å². The highest BCUT2D eigenvalue weighted by Gasteiger charge is 2.21. The van der Waals surface area contributed by atoms with Gasteiger partial charge in [0.25, 0.3) is 5.91 Å². The fraction of sp³-hybridized carbons (Fsp3) is 0.353. The maximum atomic E-state index is 12.3. The fourth-order valence-corrected chi connectivity index (χ4v) is 3.20. The van der Waals surface area contributed by atoms with E-state index in [9.17, 15) is 4.79 Å². The van der Waals surface area contributed by atoms with E-state index in [0.29, 0.717) is 28.1 Å². The lowest BCUT2D eigenvalue weighted by Crippen LogP contribution is -2.39. The van der Waals surface area contributed by atoms with Crippen molar-refractivity contribution in [1.29, 1.82) is 0 Å². The van der Waals surface area contributed by atoms with Crippen LogP contribution in [0.2, 0.25) is 10.0 Å². The van der Waals surface area contributed by atoms with Gasteiger partial charge in [-0.2, -0.15) is 0 Å². The predicted molar refractivity (Wildman–Crippen MR) is 95.8 cm³/mol. The Morgan fingerprint density at radius 1 is 1.25 bits per heavy atom. The molecule has 3 rings (SSSR count). The smallest absolute Gasteiger partial charge is 0.252 e. The molecule has 5 nitrogen and oxygen atoms in total. The van der Waals surface area contributed by atoms with Crippen molar-refractivity contribution in [3.63, 3.8) is 0 Å². The van der Waals surface area contributed by atoms with Gasteiger partial charge in [-0.1, -0.05) is 23.2 Å². The van der Waals surface area contributed by atoms with Crippen LogP contribution in [0.25, 0.3) is 0 Å². The first-order valence-electron chi connectivity index (χ1n) is 7.87. The van der Waals surface area contributed by atoms with E-state index in [1.165, 1.54) is 0 Å². The third kappa shape index (κ3) is 4.16. The van der Waals surface area contributed by atoms with E-state index in [2.05, 4.69) is 20.2 Å². The van der Waals surface area contributed by atoms with Crippen LogP contribution in [-0.4, -0.2) is 35.5 Å². The number of carbonyl (C=O) groups excluding carboxylic acids is 1. The number of piperidine rings is 1. The molecule has 1 N–H and O–H groups in total. The molecule has 1 aromatic heterocycles. The average molecular weight is 365 g/mol. The number of hydrogen-bond acceptors (Lipinski definition) is 4. The number of carbonyl (C=O) groups is 1. The summed E-state index contributed by atoms with van der Waals surface area (Å²) in [7, 11) is 0. The third-order valence-corrected chi connectivity index (χ3v) is 4.78. The molecule has 24 heavy (non-hydrogen) atoms. The van der Waals surface area contributed by atoms with Crippen molar-refractivity contribution in [3.8, 4) is 0 Å². The lowest BCUT2D eigenvalue weighted by molar-refractivity contribution is 0.0945. The maximum Gasteiger partial charge on any atom is 0.252 e. The van der Waals surface area contributed by atoms with Crippen molar-refractivity contribution in [3.05, 3.63) is 52.4 Å². The van der Waals surface area contributed by atoms with Crippen LogP contribution in [0.1, 0.15) is 23.2 Å². The lowest BCUT2D eigenvalue weighted by atomic mass is 9.96. The molecule has 2 heterocycles. The summed E-state index contributed by atoms with van der Waals surface area (Å²) in [6, 6.07) is 4.90. The van der Waals surface area contributed by atoms with Crippen LogP contribution in [0.4, 0.5) is 5.82 Å². The molecule has 7 heteroatoms. The first-order chi connectivity index (χ1) is 11.6. The molecule has 0 bridgehead atoms. The second kappa shape index (κ2) is 7.81. The molecular formula is C17H18Cl2N4O. The zero-order valence-electron chi connectivity index (χ0n) is 13.1. The zero-order chi connectivity index (χ0) is 16.9. The highest BCUT2D eigenvalue weighted by molar-refractivity contribution is 6.35. The summed E-state index contributed by atoms with van der Waals surface area (Å²) < 4.78 is 0. The average Bonchev–Trinajstić information content (AvgIpc) is 2.63. The van der Waals surface area contributed by atoms with E-state index in [-0.39, 0.29) is 5.91 Å². The van der Waals surface area contributed by atoms with E-state index >= 15 is 0 Å². The summed E-state index contributed by atoms with van der Waals surface area (Å²) in [5.74, 6) is 1.17. The molecule has 0 spiro atoms. The second-order valence-electron chi connectivity index (χ2n) is 5.83. The quantitative estimate of drug-likeness (QED) is 0.902. The van der Waals surface area contributed by atoms with Gasteiger partial charge in [0.2, 0.25) is 0 Å². The Morgan fingerprint density at radius 3 is 2.75 bits per heavy atom. The van der Waals surface area contributed by atoms with Crippen LogP contribution in [0.5, 0.6) is 0 Å². The Bertz CT molecular complexity index is 703. The lowest BCUT2D eigenvalue weighted by Gasteiger charge is -2.32. The summed E-state index contributed by atoms with van der Waals surface area (Å²) in [5.41, 5.74) is 0.418. The normalized spacial score (nSPS) is 15.3. The molecule has 126 valence electrons. The first kappa shape index (κ1) is 17.0. The molecule has 1 amide bonds. The Hall–Kier alpha value is -1.85. The van der Waals surface area contributed by atoms with E-state index in [1.807, 2.05) is 0 Å². The van der Waals surface area contributed by atoms with Gasteiger partial charge < -0.3 is 10.2 Å². The van der Waals surface area contributed by atoms with E-state index < -0.39 is 0 Å². The van der Waals surface area contributed by atoms with Gasteiger partial charge >= 0.3 is 0 Å². The number of anilines is 1. The summed E-state index contributed by atoms with van der Waals surface area (Å²) in [4.78, 5) is 22.9. The van der Waals surface area contributed by atoms with E-state index in [4.69, 9.17) is 23.2 Å². The molecule has 1 saturated heterocycles. The van der Waals surface area contributed by atoms with Crippen LogP contribution >= 0.6 is 23.2 Å². The minimum absolute atomic E-state index is 0.182. The summed E-state index contributed by atoms with van der Waals surface area (Å²) >= 11 is 12.0. The van der Waals surface area contributed by atoms with Crippen molar-refractivity contribution < 1.29 is 4.79 Å². The molecule has 0 unspecified atom stereocenters. The highest BCUT2D eigenvalue weighted by Crippen LogP contribution is 2.22. The second-order valence-corrected chi connectivity index (χ2v) is 6.67. The predicted octanol–water partition coefficient (Wildman–Crippen LogP) is 3.43. The van der Waals surface area contributed by atoms with Crippen LogP contribution in [0, 0.1) is 5.92 Å². The zero-order valence-corrected chi connectivity index (χ0v) is 14.6. The Morgan fingerprint density at radius 2 is 2.04 bits per heavy atom. The Kier molecular flexibility index (Phi) is 5.53. The van der Waals surface area contributed by atoms with E-state index in [1.54, 1.807) is 36.8 Å². The standard InChI is InChI=1S/C17H18Cl2N4O/c18-13-1-2-15(19)14(9-13)17(24)22-10-12-3-7-23(8-4-12)16-11-20-5-6-21-16/h1-2,5-6,9,11-12H,3-4,7-8,10H2,(H,22,24). The van der Waals surface area contributed by atoms with Crippen molar-refractivity contribution in [2.45, 2.75) is 12.8 Å². The number of benzene rings is 1. The molecule has 0 saturated carbocycles. The van der Waals surface area contributed by atoms with Gasteiger partial charge in [-0.25, -0.2) is 4.98 Å². The monoisotopic (exact) mass is 364 g/mol. The number of nitrogens with zero attached hydrogens (tertiary/aromatic N) is 3. The van der Waals surface area contributed by atoms with Gasteiger partial charge in [0.15, 0.2) is 0 Å². The van der Waals surface area contributed by atoms with Gasteiger partial charge in [0, 0.05) is 37.1 Å². The van der Waals surface area contributed by atoms with Gasteiger partial charge in [0.1, 0.15) is 5.82 Å². The molecule has 1 aliphatic heterocycles. The van der Waals surface area contributed by atoms with Crippen molar-refractivity contribution >= 4 is 34.9 Å². The van der Waals surface area contributed by atoms with Gasteiger partial charge in [-0.15, -0.1) is 0 Å². The summed E-state index contributed by atoms with van der Waals surface area (Å²) in [5, 5.41) is 3.88. The minimum Gasteiger partial charge on any atom is -0.355 e. The molecule has 0 atom stereocenters. The van der Waals surface area contributed by atoms with E-state index in [0.717, 1.165) is 31.7 Å². The Balaban J connectivity index is 1.50. The molecule has 1 aromatic carbocycles. The molecule has 0 radical (unpaired) electrons. The first-order valence-corrected chi connectivity index (χ1v) is 8.63. The number of nitrogens with one attached hydrogen (secondary N) is 1. The number of halogens is 2. The summed E-state index contributed by atoms with van der Waals surface area (Å²) in [6.07, 6.45) is 7.16. The topological polar surface area (TPSA) is 58.1 Å². The molecular weight excluding hydrogens is 347 g/mol. The van der Waals surface area contributed by atoms with Gasteiger partial charge in [-0.05, 0) is 37.0 Å². The number of hydrogen-bond donors (Lipinski definition) is 1. The van der Waals surface area contributed by atoms with Crippen molar-refractivity contribution in [1.82, 2.24) is 15.3 Å². The number of amides is 1. The van der Waals surface area contributed by atoms with Gasteiger partial charge in [-0.3, -0.25) is 9.78 Å². The minimum atomic E-state index is -0.182. The van der Waals surface area contributed by atoms with Crippen LogP contribution < -0.4 is 10.2 Å². The van der Waals surface area contributed by atoms with Crippen LogP contribution in [0.3, 0.4) is 0 Å². The molecule has 1 fully saturated rings. The van der Waals surface area contributed by atoms with Crippen molar-refractivity contribution in [2.24, 2.45) is 5.92 Å². The SMILES string of the molecule is O=C(NCC1CCN(c2cnccn2)CC1)c1cc(Cl)ccc1Cl. The number of rotatable bonds is 4. The number of aromatic nitrogens is 2. The maximum absolute atomic E-state index is 12.3. The molecule has 1 aliphatic rings. The largest absolute Gasteiger partial charge is 0.355 e. The molecule has 0 aliphatic carbocycles. The fourth-order valence-electron chi connectivity index (χ4n) is 2.82. The van der Waals surface area contributed by atoms with Crippen LogP contribution in [0.15, 0.2) is 36.8 Å². The highest BCUT2D eigenvalue weighted by atomic mass is 35.5. The van der Waals surface area contributed by atoms with Crippen LogP contribution in [-0.2, 0) is 0 Å². The van der Waals surface area contributed by atoms with Crippen molar-refractivity contribution in [2.75, 3.05) is 24.5 Å². The third-order valence-electron chi connectivity index (χ3n) is 4.21. The molecule has 2 aromatic rings. The Labute approximate surface area is 151 Å². The summed E-state index contributed by atoms with van der Waals surface area (Å²) in [6.45, 7) is 2.46.